The molecular formula is C21H22O. The van der Waals surface area contributed by atoms with Crippen LogP contribution in [0.15, 0.2) is 54.6 Å². The van der Waals surface area contributed by atoms with Crippen molar-refractivity contribution in [2.24, 2.45) is 0 Å². The molecule has 3 rings (SSSR count). The maximum atomic E-state index is 5.39. The maximum Gasteiger partial charge on any atom is 0.119 e. The van der Waals surface area contributed by atoms with Crippen molar-refractivity contribution in [1.29, 1.82) is 0 Å². The molecule has 0 fully saturated rings. The Hall–Kier alpha value is -2.28. The lowest BCUT2D eigenvalue weighted by Crippen LogP contribution is -1.89. The molecule has 0 saturated carbocycles. The van der Waals surface area contributed by atoms with E-state index in [4.69, 9.17) is 4.74 Å². The fourth-order valence-electron chi connectivity index (χ4n) is 2.90. The molecule has 0 amide bonds. The van der Waals surface area contributed by atoms with Crippen molar-refractivity contribution in [3.05, 3.63) is 65.7 Å². The van der Waals surface area contributed by atoms with Gasteiger partial charge >= 0.3 is 0 Å². The molecule has 112 valence electrons. The van der Waals surface area contributed by atoms with Crippen LogP contribution >= 0.6 is 0 Å². The number of hydrogen-bond acceptors (Lipinski definition) is 1. The summed E-state index contributed by atoms with van der Waals surface area (Å²) >= 11 is 0. The molecule has 0 radical (unpaired) electrons. The summed E-state index contributed by atoms with van der Waals surface area (Å²) in [6, 6.07) is 19.7. The molecular weight excluding hydrogens is 268 g/mol. The second-order valence-electron chi connectivity index (χ2n) is 6.18. The van der Waals surface area contributed by atoms with E-state index in [1.54, 1.807) is 7.11 Å². The van der Waals surface area contributed by atoms with Gasteiger partial charge in [-0.15, -0.1) is 0 Å². The standard InChI is InChI=1S/C21H22O/c1-14(2)16-5-7-17(8-6-16)20-12-15(3)11-18-9-10-19(22-4)13-21(18)20/h5-14H,1-4H3. The SMILES string of the molecule is COc1ccc2cc(C)cc(-c3ccc(C(C)C)cc3)c2c1. The third-order valence-corrected chi connectivity index (χ3v) is 4.19. The molecule has 1 nitrogen and oxygen atoms in total. The largest absolute Gasteiger partial charge is 0.497 e. The van der Waals surface area contributed by atoms with Crippen LogP contribution in [-0.4, -0.2) is 7.11 Å². The highest BCUT2D eigenvalue weighted by Crippen LogP contribution is 2.33. The number of fused-ring (bicyclic) bond motifs is 1. The van der Waals surface area contributed by atoms with Gasteiger partial charge in [-0.25, -0.2) is 0 Å². The van der Waals surface area contributed by atoms with E-state index in [1.807, 2.05) is 6.07 Å². The van der Waals surface area contributed by atoms with E-state index in [-0.39, 0.29) is 0 Å². The Morgan fingerprint density at radius 3 is 2.23 bits per heavy atom. The number of aryl methyl sites for hydroxylation is 1. The molecule has 0 atom stereocenters. The molecule has 3 aromatic rings. The van der Waals surface area contributed by atoms with Gasteiger partial charge in [0.1, 0.15) is 5.75 Å². The molecule has 0 aromatic heterocycles. The highest BCUT2D eigenvalue weighted by molar-refractivity contribution is 5.98. The first-order valence-electron chi connectivity index (χ1n) is 7.77. The second kappa shape index (κ2) is 5.84. The van der Waals surface area contributed by atoms with Crippen LogP contribution in [0.25, 0.3) is 21.9 Å². The zero-order valence-corrected chi connectivity index (χ0v) is 13.7. The van der Waals surface area contributed by atoms with Crippen molar-refractivity contribution in [2.45, 2.75) is 26.7 Å². The molecule has 3 aromatic carbocycles. The number of rotatable bonds is 3. The van der Waals surface area contributed by atoms with Gasteiger partial charge in [-0.2, -0.15) is 0 Å². The zero-order valence-electron chi connectivity index (χ0n) is 13.7. The molecule has 0 aliphatic heterocycles. The minimum Gasteiger partial charge on any atom is -0.497 e. The van der Waals surface area contributed by atoms with Gasteiger partial charge in [0.2, 0.25) is 0 Å². The average molecular weight is 290 g/mol. The normalized spacial score (nSPS) is 11.1. The summed E-state index contributed by atoms with van der Waals surface area (Å²) in [5.74, 6) is 1.46. The predicted octanol–water partition coefficient (Wildman–Crippen LogP) is 5.95. The first kappa shape index (κ1) is 14.6. The van der Waals surface area contributed by atoms with Gasteiger partial charge in [0, 0.05) is 0 Å². The first-order chi connectivity index (χ1) is 10.6. The van der Waals surface area contributed by atoms with Crippen LogP contribution in [0.3, 0.4) is 0 Å². The third-order valence-electron chi connectivity index (χ3n) is 4.19. The van der Waals surface area contributed by atoms with Crippen LogP contribution < -0.4 is 4.74 Å². The van der Waals surface area contributed by atoms with Gasteiger partial charge in [-0.1, -0.05) is 56.3 Å². The van der Waals surface area contributed by atoms with Gasteiger partial charge in [-0.3, -0.25) is 0 Å². The molecule has 0 spiro atoms. The van der Waals surface area contributed by atoms with E-state index in [9.17, 15) is 0 Å². The van der Waals surface area contributed by atoms with E-state index >= 15 is 0 Å². The molecule has 1 heteroatoms. The number of benzene rings is 3. The zero-order chi connectivity index (χ0) is 15.7. The van der Waals surface area contributed by atoms with Crippen LogP contribution in [0.4, 0.5) is 0 Å². The second-order valence-corrected chi connectivity index (χ2v) is 6.18. The molecule has 0 unspecified atom stereocenters. The average Bonchev–Trinajstić information content (AvgIpc) is 2.53. The highest BCUT2D eigenvalue weighted by Gasteiger charge is 2.07. The molecule has 22 heavy (non-hydrogen) atoms. The summed E-state index contributed by atoms with van der Waals surface area (Å²) in [6.45, 7) is 6.60. The van der Waals surface area contributed by atoms with E-state index in [1.165, 1.54) is 33.0 Å². The van der Waals surface area contributed by atoms with Crippen LogP contribution in [0, 0.1) is 6.92 Å². The van der Waals surface area contributed by atoms with Gasteiger partial charge in [-0.05, 0) is 58.0 Å². The summed E-state index contributed by atoms with van der Waals surface area (Å²) in [5, 5.41) is 2.49. The van der Waals surface area contributed by atoms with Gasteiger partial charge in [0.05, 0.1) is 7.11 Å². The van der Waals surface area contributed by atoms with Gasteiger partial charge in [0.15, 0.2) is 0 Å². The third kappa shape index (κ3) is 2.71. The van der Waals surface area contributed by atoms with Crippen LogP contribution in [-0.2, 0) is 0 Å². The number of methoxy groups -OCH3 is 1. The van der Waals surface area contributed by atoms with Gasteiger partial charge < -0.3 is 4.74 Å². The van der Waals surface area contributed by atoms with Crippen molar-refractivity contribution >= 4 is 10.8 Å². The lowest BCUT2D eigenvalue weighted by atomic mass is 9.94. The monoisotopic (exact) mass is 290 g/mol. The fraction of sp³-hybridized carbons (Fsp3) is 0.238. The van der Waals surface area contributed by atoms with E-state index < -0.39 is 0 Å². The molecule has 0 heterocycles. The van der Waals surface area contributed by atoms with Crippen LogP contribution in [0.5, 0.6) is 5.75 Å². The van der Waals surface area contributed by atoms with Gasteiger partial charge in [0.25, 0.3) is 0 Å². The Labute approximate surface area is 132 Å². The predicted molar refractivity (Wildman–Crippen MR) is 94.8 cm³/mol. The van der Waals surface area contributed by atoms with Crippen molar-refractivity contribution < 1.29 is 4.74 Å². The van der Waals surface area contributed by atoms with E-state index in [0.717, 1.165) is 5.75 Å². The van der Waals surface area contributed by atoms with Crippen molar-refractivity contribution in [3.8, 4) is 16.9 Å². The Morgan fingerprint density at radius 1 is 0.864 bits per heavy atom. The van der Waals surface area contributed by atoms with Crippen molar-refractivity contribution in [3.63, 3.8) is 0 Å². The number of ether oxygens (including phenoxy) is 1. The quantitative estimate of drug-likeness (QED) is 0.579. The van der Waals surface area contributed by atoms with Crippen LogP contribution in [0.2, 0.25) is 0 Å². The number of hydrogen-bond donors (Lipinski definition) is 0. The lowest BCUT2D eigenvalue weighted by Gasteiger charge is -2.12. The summed E-state index contributed by atoms with van der Waals surface area (Å²) in [4.78, 5) is 0. The Kier molecular flexibility index (Phi) is 3.89. The first-order valence-corrected chi connectivity index (χ1v) is 7.77. The molecule has 0 aliphatic carbocycles. The highest BCUT2D eigenvalue weighted by atomic mass is 16.5. The Morgan fingerprint density at radius 2 is 1.59 bits per heavy atom. The minimum absolute atomic E-state index is 0.559. The van der Waals surface area contributed by atoms with Crippen molar-refractivity contribution in [2.75, 3.05) is 7.11 Å². The Bertz CT molecular complexity index is 798. The Balaban J connectivity index is 2.19. The topological polar surface area (TPSA) is 9.23 Å². The summed E-state index contributed by atoms with van der Waals surface area (Å²) in [5.41, 5.74) is 5.18. The summed E-state index contributed by atoms with van der Waals surface area (Å²) in [7, 11) is 1.71. The molecule has 0 bridgehead atoms. The summed E-state index contributed by atoms with van der Waals surface area (Å²) < 4.78 is 5.39. The van der Waals surface area contributed by atoms with E-state index in [0.29, 0.717) is 5.92 Å². The lowest BCUT2D eigenvalue weighted by molar-refractivity contribution is 0.415. The van der Waals surface area contributed by atoms with E-state index in [2.05, 4.69) is 69.3 Å². The van der Waals surface area contributed by atoms with Crippen LogP contribution in [0.1, 0.15) is 30.9 Å². The minimum atomic E-state index is 0.559. The molecule has 0 aliphatic rings. The fourth-order valence-corrected chi connectivity index (χ4v) is 2.90. The smallest absolute Gasteiger partial charge is 0.119 e. The molecule has 0 N–H and O–H groups in total. The summed E-state index contributed by atoms with van der Waals surface area (Å²) in [6.07, 6.45) is 0. The molecule has 0 saturated heterocycles. The van der Waals surface area contributed by atoms with Crippen molar-refractivity contribution in [1.82, 2.24) is 0 Å². The maximum absolute atomic E-state index is 5.39.